The topological polar surface area (TPSA) is 70.7 Å². The molecule has 0 radical (unpaired) electrons. The predicted octanol–water partition coefficient (Wildman–Crippen LogP) is 4.67. The first-order chi connectivity index (χ1) is 16.6. The Bertz CT molecular complexity index is 1160. The average molecular weight is 474 g/mol. The van der Waals surface area contributed by atoms with Crippen LogP contribution in [0.25, 0.3) is 0 Å². The van der Waals surface area contributed by atoms with Crippen molar-refractivity contribution < 1.29 is 14.3 Å². The van der Waals surface area contributed by atoms with Crippen LogP contribution in [-0.4, -0.2) is 41.5 Å². The lowest BCUT2D eigenvalue weighted by atomic mass is 10.1. The van der Waals surface area contributed by atoms with Gasteiger partial charge in [0.15, 0.2) is 5.11 Å². The molecule has 174 valence electrons. The molecule has 34 heavy (non-hydrogen) atoms. The minimum Gasteiger partial charge on any atom is -0.493 e. The molecule has 3 aromatic rings. The minimum absolute atomic E-state index is 0.0323. The number of nitrogens with zero attached hydrogens (tertiary/aromatic N) is 1. The van der Waals surface area contributed by atoms with Crippen molar-refractivity contribution in [3.8, 4) is 5.75 Å². The van der Waals surface area contributed by atoms with Crippen LogP contribution < -0.4 is 15.4 Å². The number of hydrogen-bond acceptors (Lipinski definition) is 4. The molecule has 1 fully saturated rings. The SMILES string of the molecule is O=C(NC(=S)Nc1ccccc1C(=O)N1CCCC1)c1cccc(OCCc2ccccc2)c1. The predicted molar refractivity (Wildman–Crippen MR) is 137 cm³/mol. The van der Waals surface area contributed by atoms with Crippen LogP contribution in [0.5, 0.6) is 5.75 Å². The van der Waals surface area contributed by atoms with Crippen LogP contribution in [0.2, 0.25) is 0 Å². The van der Waals surface area contributed by atoms with Crippen molar-refractivity contribution >= 4 is 34.8 Å². The maximum Gasteiger partial charge on any atom is 0.257 e. The van der Waals surface area contributed by atoms with Gasteiger partial charge in [-0.25, -0.2) is 0 Å². The first kappa shape index (κ1) is 23.4. The number of nitrogens with one attached hydrogen (secondary N) is 2. The van der Waals surface area contributed by atoms with Crippen molar-refractivity contribution in [2.45, 2.75) is 19.3 Å². The number of anilines is 1. The van der Waals surface area contributed by atoms with Crippen molar-refractivity contribution in [3.63, 3.8) is 0 Å². The largest absolute Gasteiger partial charge is 0.493 e. The highest BCUT2D eigenvalue weighted by molar-refractivity contribution is 7.80. The van der Waals surface area contributed by atoms with Crippen molar-refractivity contribution in [2.75, 3.05) is 25.0 Å². The second-order valence-corrected chi connectivity index (χ2v) is 8.47. The molecule has 0 aromatic heterocycles. The van der Waals surface area contributed by atoms with Crippen molar-refractivity contribution in [2.24, 2.45) is 0 Å². The molecule has 1 saturated heterocycles. The number of ether oxygens (including phenoxy) is 1. The molecular formula is C27H27N3O3S. The van der Waals surface area contributed by atoms with E-state index < -0.39 is 0 Å². The van der Waals surface area contributed by atoms with Gasteiger partial charge in [-0.1, -0.05) is 48.5 Å². The summed E-state index contributed by atoms with van der Waals surface area (Å²) in [5.74, 6) is 0.230. The van der Waals surface area contributed by atoms with Crippen molar-refractivity contribution in [1.82, 2.24) is 10.2 Å². The van der Waals surface area contributed by atoms with Crippen molar-refractivity contribution in [1.29, 1.82) is 0 Å². The third kappa shape index (κ3) is 6.20. The van der Waals surface area contributed by atoms with E-state index in [2.05, 4.69) is 22.8 Å². The van der Waals surface area contributed by atoms with Crippen LogP contribution in [-0.2, 0) is 6.42 Å². The summed E-state index contributed by atoms with van der Waals surface area (Å²) in [5, 5.41) is 5.82. The van der Waals surface area contributed by atoms with E-state index in [1.165, 1.54) is 5.56 Å². The summed E-state index contributed by atoms with van der Waals surface area (Å²) in [6.45, 7) is 2.03. The summed E-state index contributed by atoms with van der Waals surface area (Å²) in [4.78, 5) is 27.4. The van der Waals surface area contributed by atoms with E-state index in [0.29, 0.717) is 29.2 Å². The highest BCUT2D eigenvalue weighted by Gasteiger charge is 2.22. The van der Waals surface area contributed by atoms with Crippen LogP contribution in [0, 0.1) is 0 Å². The van der Waals surface area contributed by atoms with Gasteiger partial charge in [0.05, 0.1) is 17.9 Å². The third-order valence-electron chi connectivity index (χ3n) is 5.62. The molecule has 2 N–H and O–H groups in total. The zero-order chi connectivity index (χ0) is 23.8. The number of rotatable bonds is 7. The van der Waals surface area contributed by atoms with Crippen LogP contribution in [0.1, 0.15) is 39.1 Å². The van der Waals surface area contributed by atoms with E-state index in [1.54, 1.807) is 30.3 Å². The maximum absolute atomic E-state index is 12.8. The highest BCUT2D eigenvalue weighted by Crippen LogP contribution is 2.20. The monoisotopic (exact) mass is 473 g/mol. The Kier molecular flexibility index (Phi) is 7.88. The Morgan fingerprint density at radius 3 is 2.44 bits per heavy atom. The van der Waals surface area contributed by atoms with E-state index >= 15 is 0 Å². The molecule has 1 heterocycles. The Balaban J connectivity index is 1.34. The Labute approximate surface area is 204 Å². The zero-order valence-electron chi connectivity index (χ0n) is 18.8. The van der Waals surface area contributed by atoms with Gasteiger partial charge in [0.1, 0.15) is 5.75 Å². The molecule has 3 aromatic carbocycles. The first-order valence-corrected chi connectivity index (χ1v) is 11.8. The molecular weight excluding hydrogens is 446 g/mol. The summed E-state index contributed by atoms with van der Waals surface area (Å²) >= 11 is 5.35. The normalized spacial score (nSPS) is 12.8. The van der Waals surface area contributed by atoms with Gasteiger partial charge in [-0.15, -0.1) is 0 Å². The number of benzene rings is 3. The number of carbonyl (C=O) groups is 2. The molecule has 1 aliphatic rings. The molecule has 2 amide bonds. The summed E-state index contributed by atoms with van der Waals surface area (Å²) in [5.41, 5.74) is 2.73. The van der Waals surface area contributed by atoms with Gasteiger partial charge in [-0.2, -0.15) is 0 Å². The molecule has 0 spiro atoms. The minimum atomic E-state index is -0.352. The van der Waals surface area contributed by atoms with Crippen LogP contribution in [0.3, 0.4) is 0 Å². The molecule has 0 unspecified atom stereocenters. The van der Waals surface area contributed by atoms with Crippen LogP contribution in [0.4, 0.5) is 5.69 Å². The molecule has 0 saturated carbocycles. The van der Waals surface area contributed by atoms with Gasteiger partial charge in [0, 0.05) is 25.1 Å². The van der Waals surface area contributed by atoms with Gasteiger partial charge in [-0.3, -0.25) is 14.9 Å². The number of para-hydroxylation sites is 1. The Morgan fingerprint density at radius 1 is 0.912 bits per heavy atom. The van der Waals surface area contributed by atoms with E-state index in [0.717, 1.165) is 32.4 Å². The lowest BCUT2D eigenvalue weighted by molar-refractivity contribution is 0.0793. The first-order valence-electron chi connectivity index (χ1n) is 11.4. The summed E-state index contributed by atoms with van der Waals surface area (Å²) in [7, 11) is 0. The van der Waals surface area contributed by atoms with E-state index in [9.17, 15) is 9.59 Å². The fourth-order valence-electron chi connectivity index (χ4n) is 3.86. The van der Waals surface area contributed by atoms with Crippen LogP contribution >= 0.6 is 12.2 Å². The molecule has 0 bridgehead atoms. The molecule has 4 rings (SSSR count). The quantitative estimate of drug-likeness (QED) is 0.488. The smallest absolute Gasteiger partial charge is 0.257 e. The van der Waals surface area contributed by atoms with E-state index in [1.807, 2.05) is 41.3 Å². The standard InChI is InChI=1S/C27H27N3O3S/c31-25(21-11-8-12-22(19-21)33-18-15-20-9-2-1-3-10-20)29-27(34)28-24-14-5-4-13-23(24)26(32)30-16-6-7-17-30/h1-5,8-14,19H,6-7,15-18H2,(H2,28,29,31,34). The number of likely N-dealkylation sites (tertiary alicyclic amines) is 1. The Morgan fingerprint density at radius 2 is 1.65 bits per heavy atom. The number of hydrogen-bond donors (Lipinski definition) is 2. The van der Waals surface area contributed by atoms with Gasteiger partial charge in [0.25, 0.3) is 11.8 Å². The van der Waals surface area contributed by atoms with Crippen LogP contribution in [0.15, 0.2) is 78.9 Å². The number of carbonyl (C=O) groups excluding carboxylic acids is 2. The molecule has 7 heteroatoms. The van der Waals surface area contributed by atoms with Gasteiger partial charge in [0.2, 0.25) is 0 Å². The lowest BCUT2D eigenvalue weighted by Crippen LogP contribution is -2.35. The van der Waals surface area contributed by atoms with E-state index in [4.69, 9.17) is 17.0 Å². The van der Waals surface area contributed by atoms with Gasteiger partial charge in [-0.05, 0) is 61.0 Å². The molecule has 0 aliphatic carbocycles. The fourth-order valence-corrected chi connectivity index (χ4v) is 4.06. The number of thiocarbonyl (C=S) groups is 1. The second kappa shape index (κ2) is 11.4. The summed E-state index contributed by atoms with van der Waals surface area (Å²) < 4.78 is 5.82. The molecule has 6 nitrogen and oxygen atoms in total. The summed E-state index contributed by atoms with van der Waals surface area (Å²) in [6, 6.07) is 24.3. The van der Waals surface area contributed by atoms with Crippen molar-refractivity contribution in [3.05, 3.63) is 95.6 Å². The Hall–Kier alpha value is -3.71. The summed E-state index contributed by atoms with van der Waals surface area (Å²) in [6.07, 6.45) is 2.82. The molecule has 1 aliphatic heterocycles. The van der Waals surface area contributed by atoms with E-state index in [-0.39, 0.29) is 16.9 Å². The fraction of sp³-hybridized carbons (Fsp3) is 0.222. The maximum atomic E-state index is 12.8. The molecule has 0 atom stereocenters. The van der Waals surface area contributed by atoms with Gasteiger partial charge < -0.3 is 15.0 Å². The lowest BCUT2D eigenvalue weighted by Gasteiger charge is -2.18. The second-order valence-electron chi connectivity index (χ2n) is 8.07. The highest BCUT2D eigenvalue weighted by atomic mass is 32.1. The van der Waals surface area contributed by atoms with Gasteiger partial charge >= 0.3 is 0 Å². The third-order valence-corrected chi connectivity index (χ3v) is 5.83. The zero-order valence-corrected chi connectivity index (χ0v) is 19.6. The average Bonchev–Trinajstić information content (AvgIpc) is 3.40. The number of amides is 2.